The van der Waals surface area contributed by atoms with Crippen molar-refractivity contribution in [2.24, 2.45) is 0 Å². The summed E-state index contributed by atoms with van der Waals surface area (Å²) in [5, 5.41) is 4.28. The number of aromatic nitrogens is 2. The van der Waals surface area contributed by atoms with Gasteiger partial charge in [-0.15, -0.1) is 11.3 Å². The van der Waals surface area contributed by atoms with Gasteiger partial charge in [-0.1, -0.05) is 12.1 Å². The van der Waals surface area contributed by atoms with Crippen molar-refractivity contribution in [1.82, 2.24) is 9.55 Å². The predicted octanol–water partition coefficient (Wildman–Crippen LogP) is 3.81. The van der Waals surface area contributed by atoms with Gasteiger partial charge in [0.2, 0.25) is 11.7 Å². The zero-order valence-electron chi connectivity index (χ0n) is 18.4. The number of nitrogens with one attached hydrogen (secondary N) is 1. The van der Waals surface area contributed by atoms with E-state index in [1.807, 2.05) is 44.2 Å². The molecule has 8 nitrogen and oxygen atoms in total. The lowest BCUT2D eigenvalue weighted by molar-refractivity contribution is -0.114. The van der Waals surface area contributed by atoms with Gasteiger partial charge in [-0.2, -0.15) is 0 Å². The first-order chi connectivity index (χ1) is 15.3. The molecule has 3 rings (SSSR count). The van der Waals surface area contributed by atoms with Gasteiger partial charge in [-0.05, 0) is 44.0 Å². The van der Waals surface area contributed by atoms with Crippen LogP contribution in [-0.2, 0) is 22.5 Å². The zero-order valence-corrected chi connectivity index (χ0v) is 19.2. The average molecular weight is 456 g/mol. The molecule has 0 saturated carbocycles. The number of aryl methyl sites for hydroxylation is 2. The summed E-state index contributed by atoms with van der Waals surface area (Å²) in [6.45, 7) is 5.53. The molecule has 0 atom stereocenters. The number of ketones is 1. The summed E-state index contributed by atoms with van der Waals surface area (Å²) < 4.78 is 12.4. The Morgan fingerprint density at radius 2 is 1.88 bits per heavy atom. The van der Waals surface area contributed by atoms with Crippen molar-refractivity contribution in [1.29, 1.82) is 0 Å². The third-order valence-corrected chi connectivity index (χ3v) is 5.75. The first-order valence-corrected chi connectivity index (χ1v) is 10.9. The molecule has 0 fully saturated rings. The minimum absolute atomic E-state index is 0.0523. The van der Waals surface area contributed by atoms with Gasteiger partial charge in [0.15, 0.2) is 17.4 Å². The van der Waals surface area contributed by atoms with E-state index in [-0.39, 0.29) is 24.0 Å². The largest absolute Gasteiger partial charge is 0.497 e. The molecule has 0 spiro atoms. The Morgan fingerprint density at radius 3 is 2.53 bits per heavy atom. The molecule has 2 aromatic heterocycles. The second-order valence-corrected chi connectivity index (χ2v) is 8.11. The normalized spacial score (nSPS) is 10.6. The number of ether oxygens (including phenoxy) is 2. The standard InChI is InChI=1S/C23H25N3O5S/c1-14-11-19(15(2)26(14)10-9-17-5-7-18(30-4)8-6-17)21(28)12-31-22(29)20-13-32-23(25-20)24-16(3)27/h5-8,11,13H,9-10,12H2,1-4H3,(H,24,25,27). The number of Topliss-reactive ketones (excluding diaryl/α,β-unsaturated/α-hetero) is 1. The number of rotatable bonds is 9. The molecular formula is C23H25N3O5S. The number of amides is 1. The fraction of sp³-hybridized carbons (Fsp3) is 0.304. The van der Waals surface area contributed by atoms with E-state index in [4.69, 9.17) is 9.47 Å². The Morgan fingerprint density at radius 1 is 1.16 bits per heavy atom. The quantitative estimate of drug-likeness (QED) is 0.389. The van der Waals surface area contributed by atoms with Crippen LogP contribution in [0.15, 0.2) is 35.7 Å². The number of hydrogen-bond acceptors (Lipinski definition) is 7. The van der Waals surface area contributed by atoms with E-state index in [9.17, 15) is 14.4 Å². The van der Waals surface area contributed by atoms with Gasteiger partial charge in [0.1, 0.15) is 5.75 Å². The van der Waals surface area contributed by atoms with Crippen LogP contribution in [-0.4, -0.2) is 40.9 Å². The van der Waals surface area contributed by atoms with Crippen LogP contribution in [0.5, 0.6) is 5.75 Å². The van der Waals surface area contributed by atoms with Crippen molar-refractivity contribution in [3.8, 4) is 5.75 Å². The van der Waals surface area contributed by atoms with Crippen LogP contribution in [0, 0.1) is 13.8 Å². The Labute approximate surface area is 190 Å². The maximum Gasteiger partial charge on any atom is 0.358 e. The van der Waals surface area contributed by atoms with Gasteiger partial charge in [-0.3, -0.25) is 9.59 Å². The molecule has 0 saturated heterocycles. The van der Waals surface area contributed by atoms with Crippen LogP contribution >= 0.6 is 11.3 Å². The third kappa shape index (κ3) is 5.61. The molecule has 1 amide bonds. The van der Waals surface area contributed by atoms with Crippen molar-refractivity contribution >= 4 is 34.1 Å². The zero-order chi connectivity index (χ0) is 23.3. The number of benzene rings is 1. The number of nitrogens with zero attached hydrogens (tertiary/aromatic N) is 2. The molecule has 0 radical (unpaired) electrons. The van der Waals surface area contributed by atoms with Crippen LogP contribution in [0.25, 0.3) is 0 Å². The number of hydrogen-bond donors (Lipinski definition) is 1. The fourth-order valence-electron chi connectivity index (χ4n) is 3.32. The van der Waals surface area contributed by atoms with Crippen LogP contribution < -0.4 is 10.1 Å². The van der Waals surface area contributed by atoms with E-state index in [0.717, 1.165) is 41.4 Å². The Bertz CT molecular complexity index is 1130. The molecule has 0 aliphatic rings. The second-order valence-electron chi connectivity index (χ2n) is 7.25. The van der Waals surface area contributed by atoms with Crippen molar-refractivity contribution in [2.75, 3.05) is 19.0 Å². The summed E-state index contributed by atoms with van der Waals surface area (Å²) >= 11 is 1.11. The van der Waals surface area contributed by atoms with E-state index >= 15 is 0 Å². The minimum atomic E-state index is -0.709. The van der Waals surface area contributed by atoms with Crippen molar-refractivity contribution in [3.63, 3.8) is 0 Å². The number of carbonyl (C=O) groups is 3. The Hall–Kier alpha value is -3.46. The summed E-state index contributed by atoms with van der Waals surface area (Å²) in [6.07, 6.45) is 0.809. The molecule has 32 heavy (non-hydrogen) atoms. The van der Waals surface area contributed by atoms with E-state index < -0.39 is 5.97 Å². The van der Waals surface area contributed by atoms with Crippen LogP contribution in [0.3, 0.4) is 0 Å². The van der Waals surface area contributed by atoms with E-state index in [1.165, 1.54) is 17.9 Å². The van der Waals surface area contributed by atoms with E-state index in [1.54, 1.807) is 7.11 Å². The molecule has 1 N–H and O–H groups in total. The third-order valence-electron chi connectivity index (χ3n) is 4.99. The number of thiazole rings is 1. The average Bonchev–Trinajstić information content (AvgIpc) is 3.34. The summed E-state index contributed by atoms with van der Waals surface area (Å²) in [4.78, 5) is 39.9. The van der Waals surface area contributed by atoms with Crippen molar-refractivity contribution in [2.45, 2.75) is 33.7 Å². The lowest BCUT2D eigenvalue weighted by Crippen LogP contribution is -2.15. The van der Waals surface area contributed by atoms with Crippen molar-refractivity contribution in [3.05, 3.63) is 63.9 Å². The number of esters is 1. The minimum Gasteiger partial charge on any atom is -0.497 e. The van der Waals surface area contributed by atoms with Gasteiger partial charge >= 0.3 is 5.97 Å². The molecule has 1 aromatic carbocycles. The first-order valence-electron chi connectivity index (χ1n) is 10.0. The van der Waals surface area contributed by atoms with Gasteiger partial charge in [-0.25, -0.2) is 9.78 Å². The molecule has 9 heteroatoms. The maximum absolute atomic E-state index is 12.7. The highest BCUT2D eigenvalue weighted by Gasteiger charge is 2.19. The molecule has 0 bridgehead atoms. The highest BCUT2D eigenvalue weighted by Crippen LogP contribution is 2.19. The predicted molar refractivity (Wildman–Crippen MR) is 122 cm³/mol. The summed E-state index contributed by atoms with van der Waals surface area (Å²) in [7, 11) is 1.64. The molecule has 0 aliphatic carbocycles. The molecular weight excluding hydrogens is 430 g/mol. The Kier molecular flexibility index (Phi) is 7.42. The molecule has 3 aromatic rings. The van der Waals surface area contributed by atoms with Gasteiger partial charge in [0.25, 0.3) is 0 Å². The molecule has 168 valence electrons. The fourth-order valence-corrected chi connectivity index (χ4v) is 4.04. The van der Waals surface area contributed by atoms with Crippen LogP contribution in [0.2, 0.25) is 0 Å². The highest BCUT2D eigenvalue weighted by atomic mass is 32.1. The van der Waals surface area contributed by atoms with E-state index in [0.29, 0.717) is 10.7 Å². The summed E-state index contributed by atoms with van der Waals surface area (Å²) in [5.74, 6) is -0.454. The van der Waals surface area contributed by atoms with E-state index in [2.05, 4.69) is 14.9 Å². The van der Waals surface area contributed by atoms with Crippen molar-refractivity contribution < 1.29 is 23.9 Å². The Balaban J connectivity index is 1.60. The molecule has 0 aliphatic heterocycles. The summed E-state index contributed by atoms with van der Waals surface area (Å²) in [6, 6.07) is 9.71. The topological polar surface area (TPSA) is 99.5 Å². The molecule has 2 heterocycles. The number of anilines is 1. The monoisotopic (exact) mass is 455 g/mol. The van der Waals surface area contributed by atoms with Crippen LogP contribution in [0.1, 0.15) is 44.7 Å². The van der Waals surface area contributed by atoms with Gasteiger partial charge in [0.05, 0.1) is 7.11 Å². The SMILES string of the molecule is COc1ccc(CCn2c(C)cc(C(=O)COC(=O)c3csc(NC(C)=O)n3)c2C)cc1. The van der Waals surface area contributed by atoms with Crippen LogP contribution in [0.4, 0.5) is 5.13 Å². The molecule has 0 unspecified atom stereocenters. The summed E-state index contributed by atoms with van der Waals surface area (Å²) in [5.41, 5.74) is 3.55. The lowest BCUT2D eigenvalue weighted by Gasteiger charge is -2.10. The van der Waals surface area contributed by atoms with Gasteiger partial charge in [0, 0.05) is 35.8 Å². The second kappa shape index (κ2) is 10.2. The van der Waals surface area contributed by atoms with Gasteiger partial charge < -0.3 is 19.4 Å². The number of carbonyl (C=O) groups excluding carboxylic acids is 3. The smallest absolute Gasteiger partial charge is 0.358 e. The first kappa shape index (κ1) is 23.2. The lowest BCUT2D eigenvalue weighted by atomic mass is 10.1. The maximum atomic E-state index is 12.7. The highest BCUT2D eigenvalue weighted by molar-refractivity contribution is 7.14. The number of methoxy groups -OCH3 is 1.